The summed E-state index contributed by atoms with van der Waals surface area (Å²) in [6.45, 7) is 9.82. The zero-order chi connectivity index (χ0) is 21.0. The van der Waals surface area contributed by atoms with E-state index in [4.69, 9.17) is 17.3 Å². The zero-order valence-corrected chi connectivity index (χ0v) is 19.1. The first-order valence-corrected chi connectivity index (χ1v) is 11.3. The van der Waals surface area contributed by atoms with Crippen molar-refractivity contribution in [1.29, 1.82) is 0 Å². The molecule has 1 aliphatic rings. The first kappa shape index (κ1) is 21.9. The number of nitrogen functional groups attached to an aromatic ring is 1. The van der Waals surface area contributed by atoms with Gasteiger partial charge in [0.05, 0.1) is 6.04 Å². The van der Waals surface area contributed by atoms with Gasteiger partial charge in [0.2, 0.25) is 5.95 Å². The molecule has 0 radical (unpaired) electrons. The van der Waals surface area contributed by atoms with Crippen LogP contribution in [0.4, 0.5) is 11.8 Å². The van der Waals surface area contributed by atoms with E-state index in [9.17, 15) is 0 Å². The molecule has 0 bridgehead atoms. The van der Waals surface area contributed by atoms with Crippen molar-refractivity contribution in [3.05, 3.63) is 46.1 Å². The van der Waals surface area contributed by atoms with Crippen LogP contribution in [0.25, 0.3) is 0 Å². The Morgan fingerprint density at radius 3 is 2.62 bits per heavy atom. The quantitative estimate of drug-likeness (QED) is 0.605. The maximum atomic E-state index is 6.82. The van der Waals surface area contributed by atoms with Crippen LogP contribution in [0.1, 0.15) is 82.2 Å². The van der Waals surface area contributed by atoms with E-state index in [1.54, 1.807) is 0 Å². The molecule has 1 aliphatic heterocycles. The van der Waals surface area contributed by atoms with E-state index >= 15 is 0 Å². The van der Waals surface area contributed by atoms with Crippen molar-refractivity contribution in [1.82, 2.24) is 9.97 Å². The van der Waals surface area contributed by atoms with Gasteiger partial charge in [-0.1, -0.05) is 57.3 Å². The minimum absolute atomic E-state index is 0.224. The number of benzene rings is 1. The Kier molecular flexibility index (Phi) is 7.05. The lowest BCUT2D eigenvalue weighted by Gasteiger charge is -2.32. The lowest BCUT2D eigenvalue weighted by molar-refractivity contribution is 0.365. The van der Waals surface area contributed by atoms with Gasteiger partial charge in [-0.15, -0.1) is 0 Å². The summed E-state index contributed by atoms with van der Waals surface area (Å²) in [4.78, 5) is 11.1. The van der Waals surface area contributed by atoms with E-state index in [2.05, 4.69) is 53.8 Å². The Hall–Kier alpha value is -1.81. The molecule has 3 rings (SSSR count). The average Bonchev–Trinajstić information content (AvgIpc) is 2.86. The summed E-state index contributed by atoms with van der Waals surface area (Å²) in [5, 5.41) is 0.869. The van der Waals surface area contributed by atoms with E-state index in [1.807, 2.05) is 13.0 Å². The summed E-state index contributed by atoms with van der Waals surface area (Å²) >= 11 is 6.82. The van der Waals surface area contributed by atoms with Crippen LogP contribution in [0.15, 0.2) is 24.3 Å². The molecular weight excluding hydrogens is 380 g/mol. The third-order valence-corrected chi connectivity index (χ3v) is 6.05. The molecule has 0 aliphatic carbocycles. The molecular formula is C24H35ClN4. The number of aromatic nitrogens is 2. The number of hydrogen-bond donors (Lipinski definition) is 1. The zero-order valence-electron chi connectivity index (χ0n) is 18.3. The predicted molar refractivity (Wildman–Crippen MR) is 124 cm³/mol. The lowest BCUT2D eigenvalue weighted by Crippen LogP contribution is -2.30. The van der Waals surface area contributed by atoms with Gasteiger partial charge in [-0.3, -0.25) is 0 Å². The fraction of sp³-hybridized carbons (Fsp3) is 0.583. The smallest absolute Gasteiger partial charge is 0.222 e. The summed E-state index contributed by atoms with van der Waals surface area (Å²) in [5.41, 5.74) is 9.74. The minimum atomic E-state index is 0.224. The van der Waals surface area contributed by atoms with Crippen molar-refractivity contribution in [3.63, 3.8) is 0 Å². The van der Waals surface area contributed by atoms with Gasteiger partial charge in [0.1, 0.15) is 5.82 Å². The van der Waals surface area contributed by atoms with Gasteiger partial charge in [0.25, 0.3) is 0 Å². The van der Waals surface area contributed by atoms with Crippen molar-refractivity contribution in [3.8, 4) is 0 Å². The standard InChI is InChI=1S/C24H35ClN4/c1-17-15-22(28-23(26)27-17)29-14-7-5-6-10-21(29)19-12-11-18(16-20(19)25)9-8-13-24(2,3)4/h11-12,15-16,21H,5-10,13-14H2,1-4H3,(H2,26,27,28). The van der Waals surface area contributed by atoms with Crippen molar-refractivity contribution in [2.75, 3.05) is 17.2 Å². The lowest BCUT2D eigenvalue weighted by atomic mass is 9.89. The van der Waals surface area contributed by atoms with Crippen LogP contribution in [0.2, 0.25) is 5.02 Å². The second-order valence-corrected chi connectivity index (χ2v) is 9.96. The number of halogens is 1. The van der Waals surface area contributed by atoms with E-state index in [-0.39, 0.29) is 6.04 Å². The molecule has 2 heterocycles. The molecule has 2 aromatic rings. The van der Waals surface area contributed by atoms with Gasteiger partial charge < -0.3 is 10.6 Å². The molecule has 1 aromatic heterocycles. The molecule has 1 unspecified atom stereocenters. The van der Waals surface area contributed by atoms with Crippen LogP contribution in [0.3, 0.4) is 0 Å². The van der Waals surface area contributed by atoms with Crippen LogP contribution in [-0.4, -0.2) is 16.5 Å². The van der Waals surface area contributed by atoms with Gasteiger partial charge in [-0.25, -0.2) is 4.98 Å². The van der Waals surface area contributed by atoms with Gasteiger partial charge in [0, 0.05) is 23.3 Å². The summed E-state index contributed by atoms with van der Waals surface area (Å²) in [6.07, 6.45) is 8.15. The Labute approximate surface area is 180 Å². The topological polar surface area (TPSA) is 55.0 Å². The number of aryl methyl sites for hydroxylation is 2. The fourth-order valence-electron chi connectivity index (χ4n) is 4.25. The highest BCUT2D eigenvalue weighted by Crippen LogP contribution is 2.37. The highest BCUT2D eigenvalue weighted by Gasteiger charge is 2.26. The molecule has 0 saturated carbocycles. The largest absolute Gasteiger partial charge is 0.368 e. The first-order valence-electron chi connectivity index (χ1n) is 10.9. The molecule has 2 N–H and O–H groups in total. The summed E-state index contributed by atoms with van der Waals surface area (Å²) < 4.78 is 0. The van der Waals surface area contributed by atoms with Crippen molar-refractivity contribution in [2.45, 2.75) is 78.7 Å². The van der Waals surface area contributed by atoms with E-state index in [0.717, 1.165) is 42.3 Å². The molecule has 0 amide bonds. The number of anilines is 2. The van der Waals surface area contributed by atoms with Crippen LogP contribution in [0.5, 0.6) is 0 Å². The van der Waals surface area contributed by atoms with Gasteiger partial charge in [0.15, 0.2) is 0 Å². The number of nitrogens with zero attached hydrogens (tertiary/aromatic N) is 3. The molecule has 0 spiro atoms. The summed E-state index contributed by atoms with van der Waals surface area (Å²) in [5.74, 6) is 1.25. The second-order valence-electron chi connectivity index (χ2n) is 9.55. The molecule has 1 saturated heterocycles. The Bertz CT molecular complexity index is 808. The molecule has 1 fully saturated rings. The number of hydrogen-bond acceptors (Lipinski definition) is 4. The van der Waals surface area contributed by atoms with Gasteiger partial charge in [-0.2, -0.15) is 4.98 Å². The highest BCUT2D eigenvalue weighted by atomic mass is 35.5. The summed E-state index contributed by atoms with van der Waals surface area (Å²) in [7, 11) is 0. The molecule has 1 atom stereocenters. The van der Waals surface area contributed by atoms with Crippen LogP contribution in [-0.2, 0) is 6.42 Å². The number of rotatable bonds is 5. The maximum absolute atomic E-state index is 6.82. The van der Waals surface area contributed by atoms with Gasteiger partial charge in [-0.05, 0) is 61.6 Å². The monoisotopic (exact) mass is 414 g/mol. The second kappa shape index (κ2) is 9.34. The van der Waals surface area contributed by atoms with Crippen LogP contribution >= 0.6 is 11.6 Å². The third-order valence-electron chi connectivity index (χ3n) is 5.72. The Morgan fingerprint density at radius 2 is 1.93 bits per heavy atom. The van der Waals surface area contributed by atoms with E-state index in [0.29, 0.717) is 11.4 Å². The SMILES string of the molecule is Cc1cc(N2CCCCCC2c2ccc(CCCC(C)(C)C)cc2Cl)nc(N)n1. The molecule has 4 nitrogen and oxygen atoms in total. The minimum Gasteiger partial charge on any atom is -0.368 e. The molecule has 158 valence electrons. The Balaban J connectivity index is 1.83. The van der Waals surface area contributed by atoms with E-state index in [1.165, 1.54) is 36.8 Å². The van der Waals surface area contributed by atoms with Crippen molar-refractivity contribution in [2.24, 2.45) is 5.41 Å². The highest BCUT2D eigenvalue weighted by molar-refractivity contribution is 6.31. The molecule has 29 heavy (non-hydrogen) atoms. The van der Waals surface area contributed by atoms with Gasteiger partial charge >= 0.3 is 0 Å². The van der Waals surface area contributed by atoms with Crippen molar-refractivity contribution >= 4 is 23.4 Å². The predicted octanol–water partition coefficient (Wildman–Crippen LogP) is 6.51. The summed E-state index contributed by atoms with van der Waals surface area (Å²) in [6, 6.07) is 8.91. The van der Waals surface area contributed by atoms with E-state index < -0.39 is 0 Å². The first-order chi connectivity index (χ1) is 13.7. The van der Waals surface area contributed by atoms with Crippen molar-refractivity contribution < 1.29 is 0 Å². The maximum Gasteiger partial charge on any atom is 0.222 e. The Morgan fingerprint density at radius 1 is 1.14 bits per heavy atom. The normalized spacial score (nSPS) is 18.0. The average molecular weight is 415 g/mol. The molecule has 1 aromatic carbocycles. The van der Waals surface area contributed by atoms with Crippen LogP contribution < -0.4 is 10.6 Å². The number of nitrogens with two attached hydrogens (primary N) is 1. The fourth-order valence-corrected chi connectivity index (χ4v) is 4.58. The third kappa shape index (κ3) is 6.08. The van der Waals surface area contributed by atoms with Crippen LogP contribution in [0, 0.1) is 12.3 Å². The molecule has 5 heteroatoms.